The van der Waals surface area contributed by atoms with Crippen LogP contribution in [0.5, 0.6) is 0 Å². The van der Waals surface area contributed by atoms with Gasteiger partial charge in [-0.05, 0) is 50.1 Å². The van der Waals surface area contributed by atoms with Crippen molar-refractivity contribution in [1.82, 2.24) is 0 Å². The van der Waals surface area contributed by atoms with Gasteiger partial charge in [0.1, 0.15) is 0 Å². The molecule has 0 fully saturated rings. The average Bonchev–Trinajstić information content (AvgIpc) is 2.50. The number of hydrogen-bond donors (Lipinski definition) is 2. The first kappa shape index (κ1) is 17.9. The van der Waals surface area contributed by atoms with E-state index in [1.165, 1.54) is 6.07 Å². The average molecular weight is 348 g/mol. The van der Waals surface area contributed by atoms with Crippen LogP contribution in [0.3, 0.4) is 0 Å². The van der Waals surface area contributed by atoms with Crippen molar-refractivity contribution in [3.05, 3.63) is 73.8 Å². The zero-order valence-electron chi connectivity index (χ0n) is 13.4. The molecule has 0 aliphatic carbocycles. The van der Waals surface area contributed by atoms with Gasteiger partial charge in [0, 0.05) is 27.8 Å². The molecular weight excluding hydrogens is 330 g/mol. The van der Waals surface area contributed by atoms with Gasteiger partial charge in [-0.25, -0.2) is 0 Å². The molecule has 2 aromatic rings. The highest BCUT2D eigenvalue weighted by Crippen LogP contribution is 2.24. The van der Waals surface area contributed by atoms with Gasteiger partial charge in [0.15, 0.2) is 0 Å². The van der Waals surface area contributed by atoms with Crippen molar-refractivity contribution in [2.75, 3.05) is 0 Å². The molecule has 0 saturated carbocycles. The van der Waals surface area contributed by atoms with E-state index in [9.17, 15) is 15.2 Å². The number of aliphatic hydroxyl groups excluding tert-OH is 1. The zero-order valence-corrected chi connectivity index (χ0v) is 14.1. The van der Waals surface area contributed by atoms with Crippen LogP contribution >= 0.6 is 11.6 Å². The van der Waals surface area contributed by atoms with Gasteiger partial charge in [0.2, 0.25) is 0 Å². The fraction of sp³-hybridized carbons (Fsp3) is 0.235. The number of benzene rings is 2. The Kier molecular flexibility index (Phi) is 5.54. The first-order valence-electron chi connectivity index (χ1n) is 7.33. The lowest BCUT2D eigenvalue weighted by atomic mass is 9.93. The summed E-state index contributed by atoms with van der Waals surface area (Å²) in [5.41, 5.74) is 3.19. The SMILES string of the molecule is Cc1cc(C(=NN)c2cc(Cl)ccc2CC(C)O)ccc1[N+](=O)[O-]. The molecule has 2 rings (SSSR count). The molecule has 0 radical (unpaired) electrons. The lowest BCUT2D eigenvalue weighted by Crippen LogP contribution is -2.13. The lowest BCUT2D eigenvalue weighted by Gasteiger charge is -2.14. The quantitative estimate of drug-likeness (QED) is 0.375. The van der Waals surface area contributed by atoms with Crippen molar-refractivity contribution in [1.29, 1.82) is 0 Å². The van der Waals surface area contributed by atoms with E-state index in [0.29, 0.717) is 33.8 Å². The molecule has 126 valence electrons. The van der Waals surface area contributed by atoms with Crippen LogP contribution in [0.4, 0.5) is 5.69 Å². The molecule has 0 spiro atoms. The van der Waals surface area contributed by atoms with E-state index in [1.807, 2.05) is 6.07 Å². The monoisotopic (exact) mass is 347 g/mol. The van der Waals surface area contributed by atoms with Gasteiger partial charge in [0.05, 0.1) is 16.7 Å². The third-order valence-corrected chi connectivity index (χ3v) is 3.87. The Hall–Kier alpha value is -2.44. The van der Waals surface area contributed by atoms with E-state index in [2.05, 4.69) is 5.10 Å². The summed E-state index contributed by atoms with van der Waals surface area (Å²) in [5, 5.41) is 25.0. The van der Waals surface area contributed by atoms with Gasteiger partial charge in [-0.2, -0.15) is 5.10 Å². The molecule has 1 unspecified atom stereocenters. The first-order valence-corrected chi connectivity index (χ1v) is 7.71. The molecule has 0 aliphatic heterocycles. The Morgan fingerprint density at radius 2 is 2.08 bits per heavy atom. The lowest BCUT2D eigenvalue weighted by molar-refractivity contribution is -0.385. The number of halogens is 1. The van der Waals surface area contributed by atoms with Gasteiger partial charge in [-0.3, -0.25) is 10.1 Å². The fourth-order valence-electron chi connectivity index (χ4n) is 2.57. The molecule has 7 heteroatoms. The van der Waals surface area contributed by atoms with Crippen LogP contribution in [0.2, 0.25) is 5.02 Å². The molecule has 24 heavy (non-hydrogen) atoms. The molecule has 0 aromatic heterocycles. The molecule has 6 nitrogen and oxygen atoms in total. The zero-order chi connectivity index (χ0) is 17.9. The van der Waals surface area contributed by atoms with E-state index in [1.54, 1.807) is 38.1 Å². The van der Waals surface area contributed by atoms with Gasteiger partial charge in [-0.1, -0.05) is 17.7 Å². The predicted molar refractivity (Wildman–Crippen MR) is 94.5 cm³/mol. The second-order valence-electron chi connectivity index (χ2n) is 5.59. The highest BCUT2D eigenvalue weighted by atomic mass is 35.5. The highest BCUT2D eigenvalue weighted by Gasteiger charge is 2.17. The second-order valence-corrected chi connectivity index (χ2v) is 6.03. The standard InChI is InChI=1S/C17H18ClN3O3/c1-10-7-13(4-6-16(10)21(23)24)17(20-19)15-9-14(18)5-3-12(15)8-11(2)22/h3-7,9,11,22H,8,19H2,1-2H3. The van der Waals surface area contributed by atoms with E-state index in [0.717, 1.165) is 5.56 Å². The van der Waals surface area contributed by atoms with Crippen molar-refractivity contribution >= 4 is 23.0 Å². The van der Waals surface area contributed by atoms with Crippen LogP contribution in [-0.4, -0.2) is 21.8 Å². The molecule has 0 amide bonds. The number of nitrogens with two attached hydrogens (primary N) is 1. The van der Waals surface area contributed by atoms with Crippen molar-refractivity contribution in [2.24, 2.45) is 10.9 Å². The largest absolute Gasteiger partial charge is 0.393 e. The third-order valence-electron chi connectivity index (χ3n) is 3.64. The number of aryl methyl sites for hydroxylation is 1. The predicted octanol–water partition coefficient (Wildman–Crippen LogP) is 3.19. The molecule has 2 aromatic carbocycles. The van der Waals surface area contributed by atoms with Crippen LogP contribution in [0.1, 0.15) is 29.2 Å². The Bertz CT molecular complexity index is 804. The van der Waals surface area contributed by atoms with Crippen LogP contribution in [0, 0.1) is 17.0 Å². The summed E-state index contributed by atoms with van der Waals surface area (Å²) in [7, 11) is 0. The van der Waals surface area contributed by atoms with Gasteiger partial charge >= 0.3 is 0 Å². The molecule has 0 heterocycles. The van der Waals surface area contributed by atoms with Crippen molar-refractivity contribution in [2.45, 2.75) is 26.4 Å². The number of hydrogen-bond acceptors (Lipinski definition) is 5. The van der Waals surface area contributed by atoms with Gasteiger partial charge in [-0.15, -0.1) is 0 Å². The molecule has 1 atom stereocenters. The Morgan fingerprint density at radius 1 is 1.38 bits per heavy atom. The summed E-state index contributed by atoms with van der Waals surface area (Å²) in [6.45, 7) is 3.35. The minimum atomic E-state index is -0.539. The van der Waals surface area contributed by atoms with Crippen LogP contribution in [-0.2, 0) is 6.42 Å². The normalized spacial score (nSPS) is 12.9. The first-order chi connectivity index (χ1) is 11.3. The maximum atomic E-state index is 11.0. The maximum absolute atomic E-state index is 11.0. The smallest absolute Gasteiger partial charge is 0.272 e. The summed E-state index contributed by atoms with van der Waals surface area (Å²) in [6, 6.07) is 9.96. The van der Waals surface area contributed by atoms with Gasteiger partial charge < -0.3 is 10.9 Å². The molecular formula is C17H18ClN3O3. The summed E-state index contributed by atoms with van der Waals surface area (Å²) in [6.07, 6.45) is -0.125. The number of aliphatic hydroxyl groups is 1. The van der Waals surface area contributed by atoms with Crippen molar-refractivity contribution in [3.63, 3.8) is 0 Å². The maximum Gasteiger partial charge on any atom is 0.272 e. The topological polar surface area (TPSA) is 102 Å². The summed E-state index contributed by atoms with van der Waals surface area (Å²) in [4.78, 5) is 10.5. The highest BCUT2D eigenvalue weighted by molar-refractivity contribution is 6.31. The number of rotatable bonds is 5. The number of nitro benzene ring substituents is 1. The minimum absolute atomic E-state index is 0.0328. The fourth-order valence-corrected chi connectivity index (χ4v) is 2.74. The summed E-state index contributed by atoms with van der Waals surface area (Å²) in [5.74, 6) is 5.58. The Morgan fingerprint density at radius 3 is 2.62 bits per heavy atom. The molecule has 0 saturated heterocycles. The van der Waals surface area contributed by atoms with Crippen molar-refractivity contribution in [3.8, 4) is 0 Å². The van der Waals surface area contributed by atoms with Crippen LogP contribution in [0.25, 0.3) is 0 Å². The van der Waals surface area contributed by atoms with Crippen LogP contribution < -0.4 is 5.84 Å². The number of hydrazone groups is 1. The van der Waals surface area contributed by atoms with E-state index in [-0.39, 0.29) is 5.69 Å². The van der Waals surface area contributed by atoms with E-state index >= 15 is 0 Å². The van der Waals surface area contributed by atoms with Crippen LogP contribution in [0.15, 0.2) is 41.5 Å². The third kappa shape index (κ3) is 3.90. The second kappa shape index (κ2) is 7.42. The molecule has 0 bridgehead atoms. The number of nitro groups is 1. The summed E-state index contributed by atoms with van der Waals surface area (Å²) >= 11 is 6.09. The molecule has 0 aliphatic rings. The van der Waals surface area contributed by atoms with Gasteiger partial charge in [0.25, 0.3) is 5.69 Å². The Labute approximate surface area is 144 Å². The minimum Gasteiger partial charge on any atom is -0.393 e. The Balaban J connectivity index is 2.55. The van der Waals surface area contributed by atoms with Crippen molar-refractivity contribution < 1.29 is 10.0 Å². The van der Waals surface area contributed by atoms with E-state index in [4.69, 9.17) is 17.4 Å². The number of nitrogens with zero attached hydrogens (tertiary/aromatic N) is 2. The van der Waals surface area contributed by atoms with E-state index < -0.39 is 11.0 Å². The summed E-state index contributed by atoms with van der Waals surface area (Å²) < 4.78 is 0. The molecule has 3 N–H and O–H groups in total.